The highest BCUT2D eigenvalue weighted by molar-refractivity contribution is 14.0. The Hall–Kier alpha value is -0.450. The van der Waals surface area contributed by atoms with Crippen molar-refractivity contribution in [2.24, 2.45) is 4.99 Å². The van der Waals surface area contributed by atoms with Crippen molar-refractivity contribution in [1.29, 1.82) is 0 Å². The summed E-state index contributed by atoms with van der Waals surface area (Å²) in [4.78, 5) is 11.9. The number of halogens is 1. The summed E-state index contributed by atoms with van der Waals surface area (Å²) >= 11 is 1.73. The molecule has 0 bridgehead atoms. The fraction of sp³-hybridized carbons (Fsp3) is 0.789. The minimum absolute atomic E-state index is 0. The number of aliphatic imine (C=N–C) groups is 1. The summed E-state index contributed by atoms with van der Waals surface area (Å²) < 4.78 is 5.14. The third-order valence-corrected chi connectivity index (χ3v) is 5.75. The number of guanidine groups is 1. The van der Waals surface area contributed by atoms with Crippen molar-refractivity contribution in [3.05, 3.63) is 16.1 Å². The summed E-state index contributed by atoms with van der Waals surface area (Å²) in [7, 11) is 1.77. The van der Waals surface area contributed by atoms with Gasteiger partial charge in [-0.25, -0.2) is 9.98 Å². The van der Waals surface area contributed by atoms with E-state index in [2.05, 4.69) is 46.7 Å². The van der Waals surface area contributed by atoms with Crippen molar-refractivity contribution in [2.75, 3.05) is 39.9 Å². The number of methoxy groups -OCH3 is 1. The maximum atomic E-state index is 5.14. The highest BCUT2D eigenvalue weighted by Gasteiger charge is 2.19. The van der Waals surface area contributed by atoms with E-state index in [0.717, 1.165) is 63.7 Å². The van der Waals surface area contributed by atoms with Gasteiger partial charge in [-0.2, -0.15) is 0 Å². The fourth-order valence-electron chi connectivity index (χ4n) is 3.07. The maximum absolute atomic E-state index is 5.14. The molecule has 1 aromatic heterocycles. The molecule has 1 fully saturated rings. The Labute approximate surface area is 185 Å². The number of hydrogen-bond donors (Lipinski definition) is 2. The van der Waals surface area contributed by atoms with Gasteiger partial charge in [-0.3, -0.25) is 0 Å². The van der Waals surface area contributed by atoms with Gasteiger partial charge in [-0.05, 0) is 26.2 Å². The molecule has 2 rings (SSSR count). The van der Waals surface area contributed by atoms with Crippen molar-refractivity contribution in [2.45, 2.75) is 58.5 Å². The molecule has 0 aromatic carbocycles. The summed E-state index contributed by atoms with van der Waals surface area (Å²) in [5, 5.41) is 10.3. The van der Waals surface area contributed by atoms with Crippen LogP contribution in [-0.2, 0) is 11.3 Å². The molecule has 0 unspecified atom stereocenters. The van der Waals surface area contributed by atoms with Gasteiger partial charge in [0.15, 0.2) is 5.96 Å². The molecule has 0 spiro atoms. The Kier molecular flexibility index (Phi) is 12.5. The number of aromatic nitrogens is 1. The second-order valence-electron chi connectivity index (χ2n) is 7.13. The van der Waals surface area contributed by atoms with E-state index in [1.807, 2.05) is 0 Å². The summed E-state index contributed by atoms with van der Waals surface area (Å²) in [6, 6.07) is 0.494. The highest BCUT2D eigenvalue weighted by atomic mass is 127. The first-order valence-electron chi connectivity index (χ1n) is 9.82. The van der Waals surface area contributed by atoms with Crippen LogP contribution >= 0.6 is 35.3 Å². The van der Waals surface area contributed by atoms with E-state index in [-0.39, 0.29) is 24.0 Å². The average Bonchev–Trinajstić information content (AvgIpc) is 3.11. The number of likely N-dealkylation sites (tertiary alicyclic amines) is 1. The van der Waals surface area contributed by atoms with Crippen molar-refractivity contribution in [1.82, 2.24) is 20.5 Å². The molecular weight excluding hydrogens is 473 g/mol. The van der Waals surface area contributed by atoms with Crippen LogP contribution in [0, 0.1) is 0 Å². The molecular formula is C19H36IN5OS. The quantitative estimate of drug-likeness (QED) is 0.231. The van der Waals surface area contributed by atoms with E-state index in [4.69, 9.17) is 9.73 Å². The van der Waals surface area contributed by atoms with Crippen molar-refractivity contribution in [3.63, 3.8) is 0 Å². The van der Waals surface area contributed by atoms with Gasteiger partial charge < -0.3 is 20.3 Å². The van der Waals surface area contributed by atoms with Gasteiger partial charge in [0.2, 0.25) is 0 Å². The molecule has 1 aromatic rings. The molecule has 0 saturated carbocycles. The molecule has 2 N–H and O–H groups in total. The lowest BCUT2D eigenvalue weighted by atomic mass is 10.1. The average molecular weight is 510 g/mol. The molecule has 6 nitrogen and oxygen atoms in total. The fourth-order valence-corrected chi connectivity index (χ4v) is 3.89. The number of piperidine rings is 1. The molecule has 1 aliphatic rings. The standard InChI is InChI=1S/C19H35N5OS.HI/c1-5-20-19(21-13-17-14-26-18(22-17)15(2)3)23-16-7-10-24(11-8-16)9-6-12-25-4;/h14-16H,5-13H2,1-4H3,(H2,20,21,23);1H. The van der Waals surface area contributed by atoms with Crippen LogP contribution in [0.1, 0.15) is 56.7 Å². The van der Waals surface area contributed by atoms with Gasteiger partial charge in [0.05, 0.1) is 17.2 Å². The molecule has 0 amide bonds. The SMILES string of the molecule is CCNC(=NCc1csc(C(C)C)n1)NC1CCN(CCCOC)CC1.I. The van der Waals surface area contributed by atoms with Crippen molar-refractivity contribution in [3.8, 4) is 0 Å². The van der Waals surface area contributed by atoms with E-state index >= 15 is 0 Å². The van der Waals surface area contributed by atoms with E-state index in [9.17, 15) is 0 Å². The molecule has 2 heterocycles. The monoisotopic (exact) mass is 509 g/mol. The van der Waals surface area contributed by atoms with E-state index in [0.29, 0.717) is 18.5 Å². The zero-order valence-corrected chi connectivity index (χ0v) is 20.3. The topological polar surface area (TPSA) is 61.8 Å². The minimum atomic E-state index is 0. The van der Waals surface area contributed by atoms with Crippen LogP contribution in [-0.4, -0.2) is 61.8 Å². The molecule has 1 saturated heterocycles. The Morgan fingerprint density at radius 3 is 2.74 bits per heavy atom. The lowest BCUT2D eigenvalue weighted by Gasteiger charge is -2.33. The lowest BCUT2D eigenvalue weighted by Crippen LogP contribution is -2.48. The normalized spacial score (nSPS) is 16.4. The van der Waals surface area contributed by atoms with Gasteiger partial charge in [-0.1, -0.05) is 13.8 Å². The number of ether oxygens (including phenoxy) is 1. The Morgan fingerprint density at radius 2 is 2.15 bits per heavy atom. The number of thiazole rings is 1. The van der Waals surface area contributed by atoms with Crippen LogP contribution in [0.3, 0.4) is 0 Å². The number of nitrogens with zero attached hydrogens (tertiary/aromatic N) is 3. The zero-order chi connectivity index (χ0) is 18.8. The first-order valence-corrected chi connectivity index (χ1v) is 10.7. The van der Waals surface area contributed by atoms with Crippen LogP contribution in [0.2, 0.25) is 0 Å². The molecule has 0 atom stereocenters. The van der Waals surface area contributed by atoms with Gasteiger partial charge in [0.1, 0.15) is 0 Å². The summed E-state index contributed by atoms with van der Waals surface area (Å²) in [6.07, 6.45) is 3.43. The van der Waals surface area contributed by atoms with Crippen molar-refractivity contribution < 1.29 is 4.74 Å². The molecule has 1 aliphatic heterocycles. The van der Waals surface area contributed by atoms with E-state index in [1.165, 1.54) is 5.01 Å². The van der Waals surface area contributed by atoms with E-state index < -0.39 is 0 Å². The number of hydrogen-bond acceptors (Lipinski definition) is 5. The molecule has 8 heteroatoms. The highest BCUT2D eigenvalue weighted by Crippen LogP contribution is 2.19. The van der Waals surface area contributed by atoms with Crippen LogP contribution in [0.25, 0.3) is 0 Å². The molecule has 0 radical (unpaired) electrons. The molecule has 27 heavy (non-hydrogen) atoms. The third-order valence-electron chi connectivity index (χ3n) is 4.56. The zero-order valence-electron chi connectivity index (χ0n) is 17.2. The maximum Gasteiger partial charge on any atom is 0.191 e. The van der Waals surface area contributed by atoms with Crippen LogP contribution in [0.15, 0.2) is 10.4 Å². The first-order chi connectivity index (χ1) is 12.6. The predicted molar refractivity (Wildman–Crippen MR) is 126 cm³/mol. The minimum Gasteiger partial charge on any atom is -0.385 e. The van der Waals surface area contributed by atoms with Crippen LogP contribution < -0.4 is 10.6 Å². The second-order valence-corrected chi connectivity index (χ2v) is 8.02. The van der Waals surface area contributed by atoms with Gasteiger partial charge >= 0.3 is 0 Å². The Balaban J connectivity index is 0.00000364. The third kappa shape index (κ3) is 9.06. The number of rotatable bonds is 9. The smallest absolute Gasteiger partial charge is 0.191 e. The van der Waals surface area contributed by atoms with Crippen molar-refractivity contribution >= 4 is 41.3 Å². The lowest BCUT2D eigenvalue weighted by molar-refractivity contribution is 0.155. The van der Waals surface area contributed by atoms with Crippen LogP contribution in [0.5, 0.6) is 0 Å². The summed E-state index contributed by atoms with van der Waals surface area (Å²) in [6.45, 7) is 12.2. The second kappa shape index (κ2) is 13.7. The van der Waals surface area contributed by atoms with Gasteiger partial charge in [0, 0.05) is 57.2 Å². The van der Waals surface area contributed by atoms with Gasteiger partial charge in [0.25, 0.3) is 0 Å². The Bertz CT molecular complexity index is 544. The van der Waals surface area contributed by atoms with E-state index in [1.54, 1.807) is 18.4 Å². The predicted octanol–water partition coefficient (Wildman–Crippen LogP) is 3.44. The first kappa shape index (κ1) is 24.6. The summed E-state index contributed by atoms with van der Waals surface area (Å²) in [5.41, 5.74) is 1.06. The van der Waals surface area contributed by atoms with Gasteiger partial charge in [-0.15, -0.1) is 35.3 Å². The molecule has 0 aliphatic carbocycles. The number of nitrogens with one attached hydrogen (secondary N) is 2. The Morgan fingerprint density at radius 1 is 1.41 bits per heavy atom. The largest absolute Gasteiger partial charge is 0.385 e. The molecule has 156 valence electrons. The summed E-state index contributed by atoms with van der Waals surface area (Å²) in [5.74, 6) is 1.39. The van der Waals surface area contributed by atoms with Crippen LogP contribution in [0.4, 0.5) is 0 Å².